The van der Waals surface area contributed by atoms with Gasteiger partial charge in [-0.2, -0.15) is 0 Å². The van der Waals surface area contributed by atoms with Gasteiger partial charge in [0.2, 0.25) is 0 Å². The van der Waals surface area contributed by atoms with Gasteiger partial charge in [-0.15, -0.1) is 0 Å². The summed E-state index contributed by atoms with van der Waals surface area (Å²) >= 11 is 0. The standard InChI is InChI=1S/C31H48Si/c1-5-6-7-15-24-29-28-23-17-18-25-30(31(29)32(2,3)4)27(28)22-16-11-10-14-21-26-19-12-8-9-13-20-26/h8-9,12-13,17-20,23,25-28,30H,5-7,10-11,14-16,21-22,24H2,1-4H3. The number of fused-ring (bicyclic) bond motifs is 2. The van der Waals surface area contributed by atoms with Crippen LogP contribution in [0.2, 0.25) is 19.6 Å². The zero-order chi connectivity index (χ0) is 22.8. The van der Waals surface area contributed by atoms with E-state index in [0.717, 1.165) is 11.8 Å². The predicted molar refractivity (Wildman–Crippen MR) is 146 cm³/mol. The number of hydrogen-bond acceptors (Lipinski definition) is 0. The van der Waals surface area contributed by atoms with Gasteiger partial charge in [0.1, 0.15) is 0 Å². The fourth-order valence-corrected chi connectivity index (χ4v) is 8.82. The Kier molecular flexibility index (Phi) is 10.1. The maximum Gasteiger partial charge on any atom is 0.0732 e. The molecule has 176 valence electrons. The van der Waals surface area contributed by atoms with Crippen molar-refractivity contribution in [1.82, 2.24) is 0 Å². The zero-order valence-electron chi connectivity index (χ0n) is 21.4. The van der Waals surface area contributed by atoms with Crippen LogP contribution < -0.4 is 0 Å². The Labute approximate surface area is 200 Å². The van der Waals surface area contributed by atoms with Crippen LogP contribution in [0.5, 0.6) is 0 Å². The van der Waals surface area contributed by atoms with Crippen molar-refractivity contribution in [2.45, 2.75) is 97.2 Å². The molecule has 0 N–H and O–H groups in total. The van der Waals surface area contributed by atoms with Crippen molar-refractivity contribution in [3.63, 3.8) is 0 Å². The van der Waals surface area contributed by atoms with Crippen LogP contribution >= 0.6 is 0 Å². The van der Waals surface area contributed by atoms with Crippen molar-refractivity contribution in [1.29, 1.82) is 0 Å². The minimum Gasteiger partial charge on any atom is -0.0776 e. The Bertz CT molecular complexity index is 736. The summed E-state index contributed by atoms with van der Waals surface area (Å²) in [5.74, 6) is 2.90. The average molecular weight is 449 g/mol. The third-order valence-electron chi connectivity index (χ3n) is 7.73. The molecular formula is C31H48Si. The number of rotatable bonds is 13. The molecule has 3 unspecified atom stereocenters. The minimum absolute atomic E-state index is 0.636. The van der Waals surface area contributed by atoms with Gasteiger partial charge in [0.15, 0.2) is 0 Å². The van der Waals surface area contributed by atoms with Gasteiger partial charge in [0.25, 0.3) is 0 Å². The Morgan fingerprint density at radius 3 is 1.88 bits per heavy atom. The van der Waals surface area contributed by atoms with Crippen LogP contribution in [-0.4, -0.2) is 8.07 Å². The summed E-state index contributed by atoms with van der Waals surface area (Å²) < 4.78 is 0. The van der Waals surface area contributed by atoms with Crippen LogP contribution in [0, 0.1) is 23.7 Å². The monoisotopic (exact) mass is 448 g/mol. The summed E-state index contributed by atoms with van der Waals surface area (Å²) in [6, 6.07) is 0. The van der Waals surface area contributed by atoms with E-state index < -0.39 is 8.07 Å². The Morgan fingerprint density at radius 1 is 0.625 bits per heavy atom. The highest BCUT2D eigenvalue weighted by atomic mass is 28.3. The van der Waals surface area contributed by atoms with E-state index >= 15 is 0 Å². The first-order valence-electron chi connectivity index (χ1n) is 13.6. The Hall–Kier alpha value is -1.34. The molecule has 0 aromatic carbocycles. The second kappa shape index (κ2) is 12.8. The SMILES string of the molecule is CCCCCCC1=C([Si](C)(C)C)C2C=CC=CC1C2CCCCCCC1C=CC=CC=C1. The van der Waals surface area contributed by atoms with Crippen molar-refractivity contribution in [2.24, 2.45) is 23.7 Å². The van der Waals surface area contributed by atoms with E-state index in [0.29, 0.717) is 11.8 Å². The molecule has 3 aliphatic rings. The summed E-state index contributed by atoms with van der Waals surface area (Å²) in [7, 11) is -1.31. The molecule has 0 spiro atoms. The molecule has 0 aromatic rings. The van der Waals surface area contributed by atoms with Gasteiger partial charge in [0.05, 0.1) is 8.07 Å². The molecule has 0 saturated heterocycles. The molecule has 3 aliphatic carbocycles. The largest absolute Gasteiger partial charge is 0.0776 e. The van der Waals surface area contributed by atoms with E-state index in [-0.39, 0.29) is 0 Å². The van der Waals surface area contributed by atoms with E-state index in [9.17, 15) is 0 Å². The maximum atomic E-state index is 2.59. The maximum absolute atomic E-state index is 2.59. The number of allylic oxidation sites excluding steroid dienone is 12. The predicted octanol–water partition coefficient (Wildman–Crippen LogP) is 9.76. The lowest BCUT2D eigenvalue weighted by Gasteiger charge is -2.28. The van der Waals surface area contributed by atoms with Gasteiger partial charge in [-0.1, -0.05) is 143 Å². The first-order valence-corrected chi connectivity index (χ1v) is 17.1. The summed E-state index contributed by atoms with van der Waals surface area (Å²) in [6.07, 6.45) is 38.4. The lowest BCUT2D eigenvalue weighted by atomic mass is 9.82. The van der Waals surface area contributed by atoms with Crippen molar-refractivity contribution in [3.8, 4) is 0 Å². The third-order valence-corrected chi connectivity index (χ3v) is 10.0. The molecule has 0 aliphatic heterocycles. The fraction of sp³-hybridized carbons (Fsp3) is 0.613. The second-order valence-electron chi connectivity index (χ2n) is 11.3. The molecule has 0 heterocycles. The normalized spacial score (nSPS) is 25.1. The molecule has 32 heavy (non-hydrogen) atoms. The van der Waals surface area contributed by atoms with Gasteiger partial charge in [-0.3, -0.25) is 0 Å². The third kappa shape index (κ3) is 7.08. The van der Waals surface area contributed by atoms with Gasteiger partial charge >= 0.3 is 0 Å². The van der Waals surface area contributed by atoms with Crippen LogP contribution in [0.3, 0.4) is 0 Å². The van der Waals surface area contributed by atoms with Gasteiger partial charge < -0.3 is 0 Å². The van der Waals surface area contributed by atoms with Crippen molar-refractivity contribution < 1.29 is 0 Å². The topological polar surface area (TPSA) is 0 Å². The average Bonchev–Trinajstić information content (AvgIpc) is 2.94. The highest BCUT2D eigenvalue weighted by Crippen LogP contribution is 2.51. The molecule has 0 nitrogen and oxygen atoms in total. The molecular weight excluding hydrogens is 400 g/mol. The zero-order valence-corrected chi connectivity index (χ0v) is 22.4. The first-order chi connectivity index (χ1) is 15.5. The quantitative estimate of drug-likeness (QED) is 0.194. The first kappa shape index (κ1) is 25.3. The van der Waals surface area contributed by atoms with E-state index in [1.807, 2.05) is 10.8 Å². The molecule has 0 saturated carbocycles. The van der Waals surface area contributed by atoms with Crippen molar-refractivity contribution in [3.05, 3.63) is 71.5 Å². The Morgan fingerprint density at radius 2 is 1.22 bits per heavy atom. The fourth-order valence-electron chi connectivity index (χ4n) is 6.25. The molecule has 1 heteroatoms. The van der Waals surface area contributed by atoms with Crippen molar-refractivity contribution in [2.75, 3.05) is 0 Å². The number of hydrogen-bond donors (Lipinski definition) is 0. The van der Waals surface area contributed by atoms with Crippen molar-refractivity contribution >= 4 is 8.07 Å². The van der Waals surface area contributed by atoms with E-state index in [1.165, 1.54) is 70.6 Å². The molecule has 3 rings (SSSR count). The summed E-state index contributed by atoms with van der Waals surface area (Å²) in [5.41, 5.74) is 1.87. The molecule has 3 atom stereocenters. The van der Waals surface area contributed by atoms with E-state index in [4.69, 9.17) is 0 Å². The lowest BCUT2D eigenvalue weighted by Crippen LogP contribution is -2.29. The molecule has 0 amide bonds. The number of unbranched alkanes of at least 4 members (excludes halogenated alkanes) is 6. The minimum atomic E-state index is -1.31. The van der Waals surface area contributed by atoms with E-state index in [2.05, 4.69) is 87.3 Å². The van der Waals surface area contributed by atoms with Crippen LogP contribution in [-0.2, 0) is 0 Å². The second-order valence-corrected chi connectivity index (χ2v) is 16.3. The van der Waals surface area contributed by atoms with Gasteiger partial charge in [-0.25, -0.2) is 0 Å². The molecule has 0 radical (unpaired) electrons. The van der Waals surface area contributed by atoms with Gasteiger partial charge in [-0.05, 0) is 43.4 Å². The molecule has 0 fully saturated rings. The Balaban J connectivity index is 1.53. The van der Waals surface area contributed by atoms with Crippen LogP contribution in [0.15, 0.2) is 71.5 Å². The summed E-state index contributed by atoms with van der Waals surface area (Å²) in [4.78, 5) is 0. The van der Waals surface area contributed by atoms with Gasteiger partial charge in [0, 0.05) is 5.92 Å². The van der Waals surface area contributed by atoms with E-state index in [1.54, 1.807) is 0 Å². The summed E-state index contributed by atoms with van der Waals surface area (Å²) in [6.45, 7) is 10.1. The highest BCUT2D eigenvalue weighted by Gasteiger charge is 2.43. The van der Waals surface area contributed by atoms with Crippen LogP contribution in [0.1, 0.15) is 77.6 Å². The van der Waals surface area contributed by atoms with Crippen LogP contribution in [0.25, 0.3) is 0 Å². The molecule has 0 aromatic heterocycles. The highest BCUT2D eigenvalue weighted by molar-refractivity contribution is 6.83. The van der Waals surface area contributed by atoms with Crippen LogP contribution in [0.4, 0.5) is 0 Å². The smallest absolute Gasteiger partial charge is 0.0732 e. The summed E-state index contributed by atoms with van der Waals surface area (Å²) in [5, 5.41) is 1.92. The lowest BCUT2D eigenvalue weighted by molar-refractivity contribution is 0.362. The molecule has 2 bridgehead atoms.